The SMILES string of the molecule is CC(Oc1ccc(C(F)(F)F)cc1N)c1ccncc1. The number of anilines is 1. The molecule has 20 heavy (non-hydrogen) atoms. The van der Waals surface area contributed by atoms with E-state index in [-0.39, 0.29) is 17.5 Å². The molecule has 2 N–H and O–H groups in total. The first-order valence-electron chi connectivity index (χ1n) is 5.91. The molecule has 106 valence electrons. The summed E-state index contributed by atoms with van der Waals surface area (Å²) < 4.78 is 43.1. The maximum atomic E-state index is 12.5. The summed E-state index contributed by atoms with van der Waals surface area (Å²) in [6.45, 7) is 1.78. The fourth-order valence-electron chi connectivity index (χ4n) is 1.73. The Morgan fingerprint density at radius 2 is 1.80 bits per heavy atom. The molecule has 3 nitrogen and oxygen atoms in total. The molecular weight excluding hydrogens is 269 g/mol. The van der Waals surface area contributed by atoms with E-state index in [2.05, 4.69) is 4.98 Å². The van der Waals surface area contributed by atoms with Crippen molar-refractivity contribution in [2.24, 2.45) is 0 Å². The molecule has 0 aliphatic carbocycles. The van der Waals surface area contributed by atoms with Crippen molar-refractivity contribution in [2.75, 3.05) is 5.73 Å². The van der Waals surface area contributed by atoms with Crippen molar-refractivity contribution >= 4 is 5.69 Å². The van der Waals surface area contributed by atoms with E-state index in [1.807, 2.05) is 0 Å². The fourth-order valence-corrected chi connectivity index (χ4v) is 1.73. The number of aromatic nitrogens is 1. The van der Waals surface area contributed by atoms with Crippen LogP contribution >= 0.6 is 0 Å². The van der Waals surface area contributed by atoms with Gasteiger partial charge in [0.1, 0.15) is 11.9 Å². The van der Waals surface area contributed by atoms with Gasteiger partial charge in [-0.25, -0.2) is 0 Å². The summed E-state index contributed by atoms with van der Waals surface area (Å²) in [4.78, 5) is 3.89. The van der Waals surface area contributed by atoms with Crippen molar-refractivity contribution in [3.05, 3.63) is 53.9 Å². The molecule has 0 amide bonds. The molecule has 0 saturated heterocycles. The highest BCUT2D eigenvalue weighted by molar-refractivity contribution is 5.55. The Hall–Kier alpha value is -2.24. The van der Waals surface area contributed by atoms with Crippen LogP contribution in [0.1, 0.15) is 24.2 Å². The normalized spacial score (nSPS) is 13.0. The van der Waals surface area contributed by atoms with E-state index in [0.717, 1.165) is 17.7 Å². The van der Waals surface area contributed by atoms with Crippen molar-refractivity contribution in [3.8, 4) is 5.75 Å². The van der Waals surface area contributed by atoms with Crippen molar-refractivity contribution in [2.45, 2.75) is 19.2 Å². The first-order valence-corrected chi connectivity index (χ1v) is 5.91. The summed E-state index contributed by atoms with van der Waals surface area (Å²) in [5.41, 5.74) is 5.63. The highest BCUT2D eigenvalue weighted by Gasteiger charge is 2.31. The van der Waals surface area contributed by atoms with Gasteiger partial charge in [-0.15, -0.1) is 0 Å². The van der Waals surface area contributed by atoms with Crippen LogP contribution in [0.4, 0.5) is 18.9 Å². The van der Waals surface area contributed by atoms with Crippen LogP contribution < -0.4 is 10.5 Å². The quantitative estimate of drug-likeness (QED) is 0.870. The lowest BCUT2D eigenvalue weighted by atomic mass is 10.1. The second kappa shape index (κ2) is 5.40. The molecule has 0 aliphatic rings. The molecule has 1 atom stereocenters. The number of halogens is 3. The molecule has 1 aromatic carbocycles. The molecule has 1 aromatic heterocycles. The van der Waals surface area contributed by atoms with Gasteiger partial charge in [-0.05, 0) is 42.8 Å². The molecule has 0 saturated carbocycles. The summed E-state index contributed by atoms with van der Waals surface area (Å²) >= 11 is 0. The Labute approximate surface area is 114 Å². The number of alkyl halides is 3. The van der Waals surface area contributed by atoms with Crippen molar-refractivity contribution in [1.29, 1.82) is 0 Å². The van der Waals surface area contributed by atoms with E-state index in [9.17, 15) is 13.2 Å². The lowest BCUT2D eigenvalue weighted by Gasteiger charge is -2.17. The predicted octanol–water partition coefficient (Wildman–Crippen LogP) is 3.82. The van der Waals surface area contributed by atoms with Gasteiger partial charge in [0, 0.05) is 12.4 Å². The maximum absolute atomic E-state index is 12.5. The Bertz CT molecular complexity index is 585. The fraction of sp³-hybridized carbons (Fsp3) is 0.214. The second-order valence-electron chi connectivity index (χ2n) is 4.29. The molecule has 0 fully saturated rings. The average molecular weight is 282 g/mol. The average Bonchev–Trinajstić information content (AvgIpc) is 2.41. The number of ether oxygens (including phenoxy) is 1. The van der Waals surface area contributed by atoms with Crippen LogP contribution in [-0.4, -0.2) is 4.98 Å². The number of nitrogens with zero attached hydrogens (tertiary/aromatic N) is 1. The standard InChI is InChI=1S/C14H13F3N2O/c1-9(10-4-6-19-7-5-10)20-13-3-2-11(8-12(13)18)14(15,16)17/h2-9H,18H2,1H3. The number of hydrogen-bond donors (Lipinski definition) is 1. The van der Waals surface area contributed by atoms with Crippen LogP contribution in [0, 0.1) is 0 Å². The molecule has 0 radical (unpaired) electrons. The van der Waals surface area contributed by atoms with Gasteiger partial charge in [0.05, 0.1) is 11.3 Å². The predicted molar refractivity (Wildman–Crippen MR) is 69.1 cm³/mol. The molecule has 6 heteroatoms. The third kappa shape index (κ3) is 3.20. The van der Waals surface area contributed by atoms with Crippen molar-refractivity contribution < 1.29 is 17.9 Å². The highest BCUT2D eigenvalue weighted by atomic mass is 19.4. The first-order chi connectivity index (χ1) is 9.38. The molecule has 0 aliphatic heterocycles. The van der Waals surface area contributed by atoms with Crippen molar-refractivity contribution in [3.63, 3.8) is 0 Å². The van der Waals surface area contributed by atoms with Gasteiger partial charge < -0.3 is 10.5 Å². The van der Waals surface area contributed by atoms with Gasteiger partial charge in [0.25, 0.3) is 0 Å². The summed E-state index contributed by atoms with van der Waals surface area (Å²) in [6.07, 6.45) is -1.52. The minimum atomic E-state index is -4.41. The van der Waals surface area contributed by atoms with Gasteiger partial charge in [-0.1, -0.05) is 0 Å². The van der Waals surface area contributed by atoms with Gasteiger partial charge in [-0.2, -0.15) is 13.2 Å². The topological polar surface area (TPSA) is 48.1 Å². The zero-order valence-electron chi connectivity index (χ0n) is 10.7. The van der Waals surface area contributed by atoms with Crippen LogP contribution in [-0.2, 0) is 6.18 Å². The van der Waals surface area contributed by atoms with Crippen molar-refractivity contribution in [1.82, 2.24) is 4.98 Å². The van der Waals surface area contributed by atoms with Crippen LogP contribution in [0.25, 0.3) is 0 Å². The summed E-state index contributed by atoms with van der Waals surface area (Å²) in [6, 6.07) is 6.59. The van der Waals surface area contributed by atoms with E-state index in [1.165, 1.54) is 6.07 Å². The lowest BCUT2D eigenvalue weighted by Crippen LogP contribution is -2.08. The zero-order chi connectivity index (χ0) is 14.8. The third-order valence-electron chi connectivity index (χ3n) is 2.82. The number of benzene rings is 1. The minimum Gasteiger partial charge on any atom is -0.484 e. The smallest absolute Gasteiger partial charge is 0.416 e. The van der Waals surface area contributed by atoms with Crippen LogP contribution in [0.2, 0.25) is 0 Å². The van der Waals surface area contributed by atoms with Gasteiger partial charge in [0.15, 0.2) is 0 Å². The van der Waals surface area contributed by atoms with Crippen LogP contribution in [0.3, 0.4) is 0 Å². The molecule has 2 aromatic rings. The number of nitrogens with two attached hydrogens (primary N) is 1. The Kier molecular flexibility index (Phi) is 3.83. The monoisotopic (exact) mass is 282 g/mol. The Balaban J connectivity index is 2.18. The van der Waals surface area contributed by atoms with Gasteiger partial charge in [-0.3, -0.25) is 4.98 Å². The molecule has 1 heterocycles. The summed E-state index contributed by atoms with van der Waals surface area (Å²) in [7, 11) is 0. The second-order valence-corrected chi connectivity index (χ2v) is 4.29. The highest BCUT2D eigenvalue weighted by Crippen LogP contribution is 2.35. The number of nitrogen functional groups attached to an aromatic ring is 1. The number of pyridine rings is 1. The maximum Gasteiger partial charge on any atom is 0.416 e. The lowest BCUT2D eigenvalue weighted by molar-refractivity contribution is -0.137. The summed E-state index contributed by atoms with van der Waals surface area (Å²) in [5.74, 6) is 0.224. The van der Waals surface area contributed by atoms with E-state index in [1.54, 1.807) is 31.5 Å². The number of rotatable bonds is 3. The third-order valence-corrected chi connectivity index (χ3v) is 2.82. The molecular formula is C14H13F3N2O. The van der Waals surface area contributed by atoms with Crippen LogP contribution in [0.5, 0.6) is 5.75 Å². The van der Waals surface area contributed by atoms with Crippen LogP contribution in [0.15, 0.2) is 42.7 Å². The van der Waals surface area contributed by atoms with E-state index < -0.39 is 11.7 Å². The Morgan fingerprint density at radius 1 is 1.15 bits per heavy atom. The van der Waals surface area contributed by atoms with Gasteiger partial charge >= 0.3 is 6.18 Å². The Morgan fingerprint density at radius 3 is 2.35 bits per heavy atom. The molecule has 1 unspecified atom stereocenters. The molecule has 0 bridgehead atoms. The summed E-state index contributed by atoms with van der Waals surface area (Å²) in [5, 5.41) is 0. The minimum absolute atomic E-state index is 0.0410. The molecule has 0 spiro atoms. The largest absolute Gasteiger partial charge is 0.484 e. The van der Waals surface area contributed by atoms with E-state index in [0.29, 0.717) is 0 Å². The number of hydrogen-bond acceptors (Lipinski definition) is 3. The van der Waals surface area contributed by atoms with Gasteiger partial charge in [0.2, 0.25) is 0 Å². The molecule has 2 rings (SSSR count). The van der Waals surface area contributed by atoms with E-state index >= 15 is 0 Å². The first kappa shape index (κ1) is 14.2. The zero-order valence-corrected chi connectivity index (χ0v) is 10.7. The van der Waals surface area contributed by atoms with E-state index in [4.69, 9.17) is 10.5 Å².